The molecule has 134 valence electrons. The van der Waals surface area contributed by atoms with E-state index in [0.717, 1.165) is 5.56 Å². The minimum atomic E-state index is -3.73. The number of rotatable bonds is 4. The predicted molar refractivity (Wildman–Crippen MR) is 97.9 cm³/mol. The maximum atomic E-state index is 12.9. The van der Waals surface area contributed by atoms with E-state index in [1.807, 2.05) is 13.0 Å². The van der Waals surface area contributed by atoms with Gasteiger partial charge in [-0.3, -0.25) is 4.79 Å². The van der Waals surface area contributed by atoms with Gasteiger partial charge in [-0.15, -0.1) is 0 Å². The molecule has 1 unspecified atom stereocenters. The number of aryl methyl sites for hydroxylation is 1. The molecule has 1 heterocycles. The van der Waals surface area contributed by atoms with Crippen LogP contribution in [0.5, 0.6) is 0 Å². The first-order chi connectivity index (χ1) is 12.4. The topological polar surface area (TPSA) is 90.3 Å². The monoisotopic (exact) mass is 369 g/mol. The number of amides is 1. The van der Waals surface area contributed by atoms with Crippen molar-refractivity contribution < 1.29 is 13.2 Å². The first-order valence-electron chi connectivity index (χ1n) is 8.31. The summed E-state index contributed by atoms with van der Waals surface area (Å²) in [7, 11) is -3.73. The number of benzene rings is 2. The van der Waals surface area contributed by atoms with Crippen molar-refractivity contribution in [1.82, 2.24) is 4.31 Å². The zero-order chi connectivity index (χ0) is 18.7. The summed E-state index contributed by atoms with van der Waals surface area (Å²) >= 11 is 0. The molecule has 7 heteroatoms. The fourth-order valence-corrected chi connectivity index (χ4v) is 4.68. The van der Waals surface area contributed by atoms with Crippen molar-refractivity contribution in [2.45, 2.75) is 30.7 Å². The van der Waals surface area contributed by atoms with Gasteiger partial charge < -0.3 is 5.32 Å². The molecule has 0 saturated carbocycles. The number of nitrogens with zero attached hydrogens (tertiary/aromatic N) is 2. The summed E-state index contributed by atoms with van der Waals surface area (Å²) in [4.78, 5) is 12.8. The minimum absolute atomic E-state index is 0.189. The highest BCUT2D eigenvalue weighted by Gasteiger charge is 2.39. The van der Waals surface area contributed by atoms with Gasteiger partial charge in [-0.1, -0.05) is 23.8 Å². The van der Waals surface area contributed by atoms with Gasteiger partial charge in [-0.2, -0.15) is 9.57 Å². The average molecular weight is 369 g/mol. The van der Waals surface area contributed by atoms with Gasteiger partial charge in [0.05, 0.1) is 16.5 Å². The minimum Gasteiger partial charge on any atom is -0.325 e. The molecule has 1 atom stereocenters. The number of sulfonamides is 1. The number of carbonyl (C=O) groups excluding carboxylic acids is 1. The van der Waals surface area contributed by atoms with Gasteiger partial charge in [0.15, 0.2) is 0 Å². The van der Waals surface area contributed by atoms with E-state index in [4.69, 9.17) is 5.26 Å². The highest BCUT2D eigenvalue weighted by Crippen LogP contribution is 2.27. The third kappa shape index (κ3) is 3.62. The Morgan fingerprint density at radius 2 is 1.96 bits per heavy atom. The molecule has 0 bridgehead atoms. The molecule has 0 spiro atoms. The fraction of sp³-hybridized carbons (Fsp3) is 0.263. The SMILES string of the molecule is Cc1ccc(S(=O)(=O)N2CCCC2C(=O)Nc2cccc(C#N)c2)cc1. The Kier molecular flexibility index (Phi) is 5.07. The molecule has 1 aliphatic heterocycles. The molecule has 1 aliphatic rings. The summed E-state index contributed by atoms with van der Waals surface area (Å²) in [5.74, 6) is -0.381. The number of hydrogen-bond acceptors (Lipinski definition) is 4. The van der Waals surface area contributed by atoms with Crippen LogP contribution in [0.15, 0.2) is 53.4 Å². The third-order valence-electron chi connectivity index (χ3n) is 4.39. The average Bonchev–Trinajstić information content (AvgIpc) is 3.13. The molecule has 3 rings (SSSR count). The maximum absolute atomic E-state index is 12.9. The van der Waals surface area contributed by atoms with Crippen molar-refractivity contribution in [2.75, 3.05) is 11.9 Å². The molecular formula is C19H19N3O3S. The van der Waals surface area contributed by atoms with Crippen LogP contribution in [0.4, 0.5) is 5.69 Å². The number of hydrogen-bond donors (Lipinski definition) is 1. The summed E-state index contributed by atoms with van der Waals surface area (Å²) in [6, 6.07) is 14.4. The van der Waals surface area contributed by atoms with Crippen molar-refractivity contribution in [2.24, 2.45) is 0 Å². The molecule has 0 aliphatic carbocycles. The maximum Gasteiger partial charge on any atom is 0.243 e. The zero-order valence-corrected chi connectivity index (χ0v) is 15.2. The second-order valence-electron chi connectivity index (χ2n) is 6.27. The van der Waals surface area contributed by atoms with Gasteiger partial charge in [0.1, 0.15) is 6.04 Å². The lowest BCUT2D eigenvalue weighted by Gasteiger charge is -2.23. The van der Waals surface area contributed by atoms with Crippen molar-refractivity contribution in [1.29, 1.82) is 5.26 Å². The van der Waals surface area contributed by atoms with E-state index >= 15 is 0 Å². The number of anilines is 1. The summed E-state index contributed by atoms with van der Waals surface area (Å²) < 4.78 is 27.1. The first kappa shape index (κ1) is 18.1. The lowest BCUT2D eigenvalue weighted by atomic mass is 10.2. The van der Waals surface area contributed by atoms with E-state index in [-0.39, 0.29) is 10.8 Å². The molecule has 6 nitrogen and oxygen atoms in total. The van der Waals surface area contributed by atoms with Crippen LogP contribution in [-0.4, -0.2) is 31.2 Å². The van der Waals surface area contributed by atoms with Crippen LogP contribution in [0, 0.1) is 18.3 Å². The van der Waals surface area contributed by atoms with E-state index in [9.17, 15) is 13.2 Å². The molecule has 1 fully saturated rings. The molecule has 0 radical (unpaired) electrons. The van der Waals surface area contributed by atoms with Crippen molar-refractivity contribution in [3.8, 4) is 6.07 Å². The van der Waals surface area contributed by atoms with Crippen LogP contribution >= 0.6 is 0 Å². The third-order valence-corrected chi connectivity index (χ3v) is 6.32. The van der Waals surface area contributed by atoms with Gasteiger partial charge in [-0.25, -0.2) is 8.42 Å². The number of nitriles is 1. The van der Waals surface area contributed by atoms with E-state index in [1.165, 1.54) is 4.31 Å². The van der Waals surface area contributed by atoms with Gasteiger partial charge in [-0.05, 0) is 50.1 Å². The van der Waals surface area contributed by atoms with E-state index < -0.39 is 16.1 Å². The van der Waals surface area contributed by atoms with Gasteiger partial charge in [0.2, 0.25) is 15.9 Å². The van der Waals surface area contributed by atoms with Crippen LogP contribution in [-0.2, 0) is 14.8 Å². The Morgan fingerprint density at radius 3 is 2.65 bits per heavy atom. The second kappa shape index (κ2) is 7.28. The highest BCUT2D eigenvalue weighted by atomic mass is 32.2. The van der Waals surface area contributed by atoms with Gasteiger partial charge in [0, 0.05) is 12.2 Å². The Labute approximate surface area is 153 Å². The van der Waals surface area contributed by atoms with Crippen LogP contribution in [0.1, 0.15) is 24.0 Å². The van der Waals surface area contributed by atoms with Crippen molar-refractivity contribution in [3.05, 3.63) is 59.7 Å². The normalized spacial score (nSPS) is 17.6. The highest BCUT2D eigenvalue weighted by molar-refractivity contribution is 7.89. The molecule has 0 aromatic heterocycles. The quantitative estimate of drug-likeness (QED) is 0.897. The molecule has 2 aromatic rings. The standard InChI is InChI=1S/C19H19N3O3S/c1-14-7-9-17(10-8-14)26(24,25)22-11-3-6-18(22)19(23)21-16-5-2-4-15(12-16)13-20/h2,4-5,7-10,12,18H,3,6,11H2,1H3,(H,21,23). The second-order valence-corrected chi connectivity index (χ2v) is 8.16. The first-order valence-corrected chi connectivity index (χ1v) is 9.75. The van der Waals surface area contributed by atoms with E-state index in [0.29, 0.717) is 30.6 Å². The van der Waals surface area contributed by atoms with E-state index in [2.05, 4.69) is 5.32 Å². The summed E-state index contributed by atoms with van der Waals surface area (Å²) in [6.07, 6.45) is 1.09. The summed E-state index contributed by atoms with van der Waals surface area (Å²) in [5.41, 5.74) is 1.88. The van der Waals surface area contributed by atoms with Crippen molar-refractivity contribution >= 4 is 21.6 Å². The molecule has 1 N–H and O–H groups in total. The van der Waals surface area contributed by atoms with Crippen LogP contribution in [0.2, 0.25) is 0 Å². The molecule has 1 amide bonds. The number of carbonyl (C=O) groups is 1. The Balaban J connectivity index is 1.82. The molecular weight excluding hydrogens is 350 g/mol. The summed E-state index contributed by atoms with van der Waals surface area (Å²) in [5, 5.41) is 11.7. The van der Waals surface area contributed by atoms with E-state index in [1.54, 1.807) is 48.5 Å². The van der Waals surface area contributed by atoms with Crippen molar-refractivity contribution in [3.63, 3.8) is 0 Å². The lowest BCUT2D eigenvalue weighted by Crippen LogP contribution is -2.43. The van der Waals surface area contributed by atoms with Crippen LogP contribution in [0.25, 0.3) is 0 Å². The Bertz CT molecular complexity index is 962. The van der Waals surface area contributed by atoms with Gasteiger partial charge >= 0.3 is 0 Å². The van der Waals surface area contributed by atoms with Crippen LogP contribution < -0.4 is 5.32 Å². The summed E-state index contributed by atoms with van der Waals surface area (Å²) in [6.45, 7) is 2.20. The fourth-order valence-electron chi connectivity index (χ4n) is 3.03. The van der Waals surface area contributed by atoms with Crippen LogP contribution in [0.3, 0.4) is 0 Å². The van der Waals surface area contributed by atoms with Gasteiger partial charge in [0.25, 0.3) is 0 Å². The predicted octanol–water partition coefficient (Wildman–Crippen LogP) is 2.66. The zero-order valence-electron chi connectivity index (χ0n) is 14.3. The Hall–Kier alpha value is -2.69. The Morgan fingerprint density at radius 1 is 1.23 bits per heavy atom. The molecule has 26 heavy (non-hydrogen) atoms. The molecule has 2 aromatic carbocycles. The smallest absolute Gasteiger partial charge is 0.243 e. The number of nitrogens with one attached hydrogen (secondary N) is 1. The largest absolute Gasteiger partial charge is 0.325 e. The lowest BCUT2D eigenvalue weighted by molar-refractivity contribution is -0.119. The molecule has 1 saturated heterocycles.